The molecule has 17 heavy (non-hydrogen) atoms. The molecule has 0 aliphatic rings. The molecule has 0 spiro atoms. The standard InChI is InChI=1S/C11H19N3O2S/c1-2-12-9-10-17(15,16)14-8-6-11-5-3-4-7-13-11/h3-5,7,12,14H,2,6,8-10H2,1H3. The maximum Gasteiger partial charge on any atom is 0.212 e. The second-order valence-corrected chi connectivity index (χ2v) is 5.56. The molecule has 0 saturated carbocycles. The fourth-order valence-corrected chi connectivity index (χ4v) is 2.31. The summed E-state index contributed by atoms with van der Waals surface area (Å²) in [5.41, 5.74) is 0.891. The van der Waals surface area contributed by atoms with Gasteiger partial charge in [-0.3, -0.25) is 4.98 Å². The Morgan fingerprint density at radius 1 is 1.29 bits per heavy atom. The van der Waals surface area contributed by atoms with Crippen LogP contribution in [0.25, 0.3) is 0 Å². The van der Waals surface area contributed by atoms with Crippen molar-refractivity contribution in [3.05, 3.63) is 30.1 Å². The Hall–Kier alpha value is -0.980. The Morgan fingerprint density at radius 3 is 2.76 bits per heavy atom. The summed E-state index contributed by atoms with van der Waals surface area (Å²) in [4.78, 5) is 4.13. The molecule has 0 amide bonds. The van der Waals surface area contributed by atoms with E-state index in [4.69, 9.17) is 0 Å². The van der Waals surface area contributed by atoms with Crippen LogP contribution in [0.15, 0.2) is 24.4 Å². The predicted octanol–water partition coefficient (Wildman–Crippen LogP) is 0.153. The second-order valence-electron chi connectivity index (χ2n) is 3.64. The van der Waals surface area contributed by atoms with Gasteiger partial charge in [0, 0.05) is 31.4 Å². The predicted molar refractivity (Wildman–Crippen MR) is 68.3 cm³/mol. The monoisotopic (exact) mass is 257 g/mol. The minimum Gasteiger partial charge on any atom is -0.316 e. The molecule has 0 bridgehead atoms. The van der Waals surface area contributed by atoms with E-state index in [1.807, 2.05) is 25.1 Å². The molecule has 0 unspecified atom stereocenters. The molecular weight excluding hydrogens is 238 g/mol. The summed E-state index contributed by atoms with van der Waals surface area (Å²) >= 11 is 0. The number of nitrogens with zero attached hydrogens (tertiary/aromatic N) is 1. The molecule has 2 N–H and O–H groups in total. The average molecular weight is 257 g/mol. The van der Waals surface area contributed by atoms with Crippen LogP contribution in [0.5, 0.6) is 0 Å². The van der Waals surface area contributed by atoms with Crippen LogP contribution in [0.4, 0.5) is 0 Å². The summed E-state index contributed by atoms with van der Waals surface area (Å²) in [6.45, 7) is 3.60. The third kappa shape index (κ3) is 6.35. The van der Waals surface area contributed by atoms with Gasteiger partial charge in [-0.25, -0.2) is 13.1 Å². The summed E-state index contributed by atoms with van der Waals surface area (Å²) in [6.07, 6.45) is 2.32. The molecule has 5 nitrogen and oxygen atoms in total. The lowest BCUT2D eigenvalue weighted by Crippen LogP contribution is -2.33. The van der Waals surface area contributed by atoms with Crippen molar-refractivity contribution in [2.24, 2.45) is 0 Å². The molecule has 0 saturated heterocycles. The van der Waals surface area contributed by atoms with Gasteiger partial charge in [-0.1, -0.05) is 13.0 Å². The fourth-order valence-electron chi connectivity index (χ4n) is 1.34. The van der Waals surface area contributed by atoms with Crippen molar-refractivity contribution < 1.29 is 8.42 Å². The lowest BCUT2D eigenvalue weighted by molar-refractivity contribution is 0.577. The average Bonchev–Trinajstić information content (AvgIpc) is 2.30. The summed E-state index contributed by atoms with van der Waals surface area (Å²) in [7, 11) is -3.16. The van der Waals surface area contributed by atoms with Gasteiger partial charge in [0.25, 0.3) is 0 Å². The van der Waals surface area contributed by atoms with Crippen molar-refractivity contribution >= 4 is 10.0 Å². The van der Waals surface area contributed by atoms with E-state index >= 15 is 0 Å². The van der Waals surface area contributed by atoms with Gasteiger partial charge < -0.3 is 5.32 Å². The normalized spacial score (nSPS) is 11.6. The highest BCUT2D eigenvalue weighted by atomic mass is 32.2. The lowest BCUT2D eigenvalue weighted by atomic mass is 10.3. The summed E-state index contributed by atoms with van der Waals surface area (Å²) < 4.78 is 25.6. The van der Waals surface area contributed by atoms with Crippen molar-refractivity contribution in [1.82, 2.24) is 15.0 Å². The van der Waals surface area contributed by atoms with Crippen molar-refractivity contribution in [2.75, 3.05) is 25.4 Å². The topological polar surface area (TPSA) is 71.1 Å². The number of hydrogen-bond acceptors (Lipinski definition) is 4. The fraction of sp³-hybridized carbons (Fsp3) is 0.545. The van der Waals surface area contributed by atoms with Crippen LogP contribution in [0.3, 0.4) is 0 Å². The first kappa shape index (κ1) is 14.1. The first-order valence-electron chi connectivity index (χ1n) is 5.72. The zero-order valence-electron chi connectivity index (χ0n) is 10.0. The number of rotatable bonds is 8. The minimum absolute atomic E-state index is 0.114. The molecular formula is C11H19N3O2S. The Balaban J connectivity index is 2.26. The molecule has 96 valence electrons. The highest BCUT2D eigenvalue weighted by molar-refractivity contribution is 7.89. The maximum absolute atomic E-state index is 11.5. The van der Waals surface area contributed by atoms with Crippen LogP contribution in [-0.4, -0.2) is 38.8 Å². The van der Waals surface area contributed by atoms with Gasteiger partial charge in [-0.05, 0) is 18.7 Å². The van der Waals surface area contributed by atoms with Gasteiger partial charge >= 0.3 is 0 Å². The summed E-state index contributed by atoms with van der Waals surface area (Å²) in [6, 6.07) is 5.61. The summed E-state index contributed by atoms with van der Waals surface area (Å²) in [5.74, 6) is 0.114. The van der Waals surface area contributed by atoms with E-state index in [2.05, 4.69) is 15.0 Å². The Labute approximate surface area is 103 Å². The SMILES string of the molecule is CCNCCS(=O)(=O)NCCc1ccccn1. The minimum atomic E-state index is -3.16. The molecule has 0 aliphatic heterocycles. The largest absolute Gasteiger partial charge is 0.316 e. The number of aromatic nitrogens is 1. The van der Waals surface area contributed by atoms with Crippen LogP contribution in [-0.2, 0) is 16.4 Å². The number of nitrogens with one attached hydrogen (secondary N) is 2. The van der Waals surface area contributed by atoms with Gasteiger partial charge in [0.1, 0.15) is 0 Å². The smallest absolute Gasteiger partial charge is 0.212 e. The lowest BCUT2D eigenvalue weighted by Gasteiger charge is -2.06. The number of hydrogen-bond donors (Lipinski definition) is 2. The molecule has 6 heteroatoms. The zero-order valence-corrected chi connectivity index (χ0v) is 10.8. The molecule has 0 aromatic carbocycles. The quantitative estimate of drug-likeness (QED) is 0.651. The van der Waals surface area contributed by atoms with Crippen LogP contribution < -0.4 is 10.0 Å². The van der Waals surface area contributed by atoms with Gasteiger partial charge in [0.05, 0.1) is 5.75 Å². The number of pyridine rings is 1. The zero-order chi connectivity index (χ0) is 12.6. The Bertz CT molecular complexity index is 406. The van der Waals surface area contributed by atoms with E-state index in [1.54, 1.807) is 6.20 Å². The highest BCUT2D eigenvalue weighted by Gasteiger charge is 2.08. The van der Waals surface area contributed by atoms with Crippen molar-refractivity contribution in [3.8, 4) is 0 Å². The van der Waals surface area contributed by atoms with E-state index in [1.165, 1.54) is 0 Å². The molecule has 0 fully saturated rings. The van der Waals surface area contributed by atoms with Gasteiger partial charge in [0.2, 0.25) is 10.0 Å². The van der Waals surface area contributed by atoms with E-state index in [-0.39, 0.29) is 5.75 Å². The van der Waals surface area contributed by atoms with Crippen LogP contribution in [0, 0.1) is 0 Å². The van der Waals surface area contributed by atoms with E-state index in [0.29, 0.717) is 19.5 Å². The summed E-state index contributed by atoms with van der Waals surface area (Å²) in [5, 5.41) is 2.98. The molecule has 0 atom stereocenters. The van der Waals surface area contributed by atoms with Crippen molar-refractivity contribution in [2.45, 2.75) is 13.3 Å². The molecule has 1 heterocycles. The van der Waals surface area contributed by atoms with E-state index < -0.39 is 10.0 Å². The molecule has 0 aliphatic carbocycles. The first-order valence-corrected chi connectivity index (χ1v) is 7.37. The molecule has 1 aromatic heterocycles. The van der Waals surface area contributed by atoms with Crippen molar-refractivity contribution in [1.29, 1.82) is 0 Å². The Kier molecular flexibility index (Phi) is 6.10. The van der Waals surface area contributed by atoms with Gasteiger partial charge in [-0.15, -0.1) is 0 Å². The van der Waals surface area contributed by atoms with Crippen molar-refractivity contribution in [3.63, 3.8) is 0 Å². The van der Waals surface area contributed by atoms with Gasteiger partial charge in [0.15, 0.2) is 0 Å². The van der Waals surface area contributed by atoms with Crippen LogP contribution in [0.2, 0.25) is 0 Å². The first-order chi connectivity index (χ1) is 8.14. The molecule has 0 radical (unpaired) electrons. The van der Waals surface area contributed by atoms with Crippen LogP contribution >= 0.6 is 0 Å². The second kappa shape index (κ2) is 7.37. The van der Waals surface area contributed by atoms with E-state index in [9.17, 15) is 8.42 Å². The van der Waals surface area contributed by atoms with Gasteiger partial charge in [-0.2, -0.15) is 0 Å². The number of sulfonamides is 1. The molecule has 1 rings (SSSR count). The van der Waals surface area contributed by atoms with E-state index in [0.717, 1.165) is 12.2 Å². The third-order valence-corrected chi connectivity index (χ3v) is 3.61. The Morgan fingerprint density at radius 2 is 2.12 bits per heavy atom. The highest BCUT2D eigenvalue weighted by Crippen LogP contribution is 1.94. The third-order valence-electron chi connectivity index (χ3n) is 2.23. The van der Waals surface area contributed by atoms with Crippen LogP contribution in [0.1, 0.15) is 12.6 Å². The maximum atomic E-state index is 11.5. The molecule has 1 aromatic rings.